The van der Waals surface area contributed by atoms with Gasteiger partial charge in [0.25, 0.3) is 0 Å². The van der Waals surface area contributed by atoms with Gasteiger partial charge in [-0.3, -0.25) is 4.79 Å². The van der Waals surface area contributed by atoms with Crippen molar-refractivity contribution in [2.45, 2.75) is 13.0 Å². The third-order valence-corrected chi connectivity index (χ3v) is 1.40. The monoisotopic (exact) mass is 140 g/mol. The van der Waals surface area contributed by atoms with Crippen LogP contribution in [0.5, 0.6) is 0 Å². The zero-order chi connectivity index (χ0) is 7.28. The lowest BCUT2D eigenvalue weighted by atomic mass is 10.2. The Hall–Kier alpha value is -0.633. The van der Waals surface area contributed by atoms with Gasteiger partial charge in [-0.2, -0.15) is 0 Å². The Morgan fingerprint density at radius 3 is 2.67 bits per heavy atom. The molecule has 0 heterocycles. The maximum absolute atomic E-state index is 10.7. The molecule has 0 aromatic heterocycles. The first-order valence-electron chi connectivity index (χ1n) is 3.05. The highest BCUT2D eigenvalue weighted by molar-refractivity contribution is 6.10. The quantitative estimate of drug-likeness (QED) is 0.411. The van der Waals surface area contributed by atoms with E-state index < -0.39 is 0 Å². The molecule has 0 saturated carbocycles. The topological polar surface area (TPSA) is 17.1 Å². The summed E-state index contributed by atoms with van der Waals surface area (Å²) in [5, 5.41) is 0. The highest BCUT2D eigenvalue weighted by Gasteiger charge is 1.92. The fourth-order valence-corrected chi connectivity index (χ4v) is 0.603. The van der Waals surface area contributed by atoms with Crippen LogP contribution in [0.1, 0.15) is 6.92 Å². The predicted molar refractivity (Wildman–Crippen MR) is 43.7 cm³/mol. The van der Waals surface area contributed by atoms with Crippen LogP contribution in [0.25, 0.3) is 0 Å². The van der Waals surface area contributed by atoms with E-state index in [1.54, 1.807) is 13.0 Å². The van der Waals surface area contributed by atoms with Gasteiger partial charge in [0.05, 0.1) is 0 Å². The number of hydrogen-bond donors (Lipinski definition) is 0. The standard InChI is InChI=1S/C7H12OSi/c1-6(2)7(8)4-3-5-9/h3-4H,1,5H2,2,9H3. The minimum absolute atomic E-state index is 0.0471. The molecule has 0 aromatic carbocycles. The van der Waals surface area contributed by atoms with Crippen LogP contribution < -0.4 is 0 Å². The van der Waals surface area contributed by atoms with Crippen LogP contribution in [-0.4, -0.2) is 16.0 Å². The van der Waals surface area contributed by atoms with Gasteiger partial charge in [0.1, 0.15) is 0 Å². The maximum atomic E-state index is 10.7. The van der Waals surface area contributed by atoms with Crippen molar-refractivity contribution in [3.8, 4) is 0 Å². The number of hydrogen-bond acceptors (Lipinski definition) is 1. The minimum atomic E-state index is 0.0471. The molecule has 0 amide bonds. The summed E-state index contributed by atoms with van der Waals surface area (Å²) < 4.78 is 0. The molecule has 9 heavy (non-hydrogen) atoms. The van der Waals surface area contributed by atoms with Crippen LogP contribution in [0, 0.1) is 0 Å². The lowest BCUT2D eigenvalue weighted by Gasteiger charge is -1.86. The van der Waals surface area contributed by atoms with E-state index in [9.17, 15) is 4.79 Å². The summed E-state index contributed by atoms with van der Waals surface area (Å²) in [5.74, 6) is 0.0471. The lowest BCUT2D eigenvalue weighted by Crippen LogP contribution is -1.90. The second-order valence-corrected chi connectivity index (χ2v) is 2.77. The fourth-order valence-electron chi connectivity index (χ4n) is 0.367. The summed E-state index contributed by atoms with van der Waals surface area (Å²) in [6.45, 7) is 5.24. The predicted octanol–water partition coefficient (Wildman–Crippen LogP) is 0.471. The molecule has 2 heteroatoms. The maximum Gasteiger partial charge on any atom is 0.180 e. The van der Waals surface area contributed by atoms with Crippen molar-refractivity contribution in [1.82, 2.24) is 0 Å². The van der Waals surface area contributed by atoms with E-state index in [0.717, 1.165) is 16.3 Å². The molecule has 0 aliphatic heterocycles. The number of carbonyl (C=O) groups is 1. The molecular weight excluding hydrogens is 128 g/mol. The Bertz CT molecular complexity index is 147. The van der Waals surface area contributed by atoms with Crippen molar-refractivity contribution in [2.24, 2.45) is 0 Å². The number of ketones is 1. The smallest absolute Gasteiger partial charge is 0.180 e. The molecule has 0 aromatic rings. The first-order valence-corrected chi connectivity index (χ1v) is 4.46. The first kappa shape index (κ1) is 8.37. The van der Waals surface area contributed by atoms with E-state index in [1.165, 1.54) is 0 Å². The number of carbonyl (C=O) groups excluding carboxylic acids is 1. The van der Waals surface area contributed by atoms with E-state index in [2.05, 4.69) is 6.58 Å². The Labute approximate surface area is 58.9 Å². The number of allylic oxidation sites excluding steroid dienone is 3. The van der Waals surface area contributed by atoms with Crippen LogP contribution in [0.15, 0.2) is 24.3 Å². The highest BCUT2D eigenvalue weighted by Crippen LogP contribution is 1.91. The van der Waals surface area contributed by atoms with Crippen LogP contribution >= 0.6 is 0 Å². The average molecular weight is 140 g/mol. The van der Waals surface area contributed by atoms with Gasteiger partial charge < -0.3 is 0 Å². The Balaban J connectivity index is 3.77. The van der Waals surface area contributed by atoms with Gasteiger partial charge in [-0.25, -0.2) is 0 Å². The van der Waals surface area contributed by atoms with Gasteiger partial charge in [0, 0.05) is 10.2 Å². The van der Waals surface area contributed by atoms with E-state index in [0.29, 0.717) is 5.57 Å². The van der Waals surface area contributed by atoms with Gasteiger partial charge in [-0.1, -0.05) is 12.7 Å². The van der Waals surface area contributed by atoms with E-state index in [4.69, 9.17) is 0 Å². The molecule has 0 bridgehead atoms. The second kappa shape index (κ2) is 4.27. The highest BCUT2D eigenvalue weighted by atomic mass is 28.1. The minimum Gasteiger partial charge on any atom is -0.290 e. The van der Waals surface area contributed by atoms with Gasteiger partial charge >= 0.3 is 0 Å². The molecule has 0 N–H and O–H groups in total. The molecule has 0 aliphatic carbocycles. The lowest BCUT2D eigenvalue weighted by molar-refractivity contribution is -0.111. The van der Waals surface area contributed by atoms with Crippen LogP contribution in [-0.2, 0) is 4.79 Å². The third kappa shape index (κ3) is 3.91. The Kier molecular flexibility index (Phi) is 3.97. The van der Waals surface area contributed by atoms with Crippen molar-refractivity contribution in [2.75, 3.05) is 0 Å². The number of rotatable bonds is 3. The van der Waals surface area contributed by atoms with Gasteiger partial charge in [0.15, 0.2) is 5.78 Å². The summed E-state index contributed by atoms with van der Waals surface area (Å²) in [5.41, 5.74) is 0.612. The molecule has 0 radical (unpaired) electrons. The SMILES string of the molecule is C=C(C)C(=O)C=CC[SiH3]. The second-order valence-electron chi connectivity index (χ2n) is 1.96. The molecule has 0 rings (SSSR count). The molecule has 0 aliphatic rings. The fraction of sp³-hybridized carbons (Fsp3) is 0.286. The van der Waals surface area contributed by atoms with E-state index >= 15 is 0 Å². The largest absolute Gasteiger partial charge is 0.290 e. The molecule has 0 saturated heterocycles. The molecule has 0 spiro atoms. The van der Waals surface area contributed by atoms with Crippen molar-refractivity contribution < 1.29 is 4.79 Å². The van der Waals surface area contributed by atoms with Gasteiger partial charge in [-0.15, -0.1) is 0 Å². The van der Waals surface area contributed by atoms with Crippen molar-refractivity contribution in [3.05, 3.63) is 24.3 Å². The zero-order valence-electron chi connectivity index (χ0n) is 5.98. The van der Waals surface area contributed by atoms with Gasteiger partial charge in [-0.05, 0) is 24.6 Å². The van der Waals surface area contributed by atoms with E-state index in [1.807, 2.05) is 6.08 Å². The summed E-state index contributed by atoms with van der Waals surface area (Å²) in [6, 6.07) is 1.04. The summed E-state index contributed by atoms with van der Waals surface area (Å²) in [7, 11) is 1.12. The van der Waals surface area contributed by atoms with Crippen LogP contribution in [0.3, 0.4) is 0 Å². The summed E-state index contributed by atoms with van der Waals surface area (Å²) in [4.78, 5) is 10.7. The molecule has 0 unspecified atom stereocenters. The van der Waals surface area contributed by atoms with Crippen LogP contribution in [0.2, 0.25) is 6.04 Å². The van der Waals surface area contributed by atoms with Crippen molar-refractivity contribution >= 4 is 16.0 Å². The zero-order valence-corrected chi connectivity index (χ0v) is 7.98. The Morgan fingerprint density at radius 1 is 1.78 bits per heavy atom. The van der Waals surface area contributed by atoms with Crippen LogP contribution in [0.4, 0.5) is 0 Å². The average Bonchev–Trinajstić information content (AvgIpc) is 1.82. The molecule has 0 atom stereocenters. The molecule has 1 nitrogen and oxygen atoms in total. The van der Waals surface area contributed by atoms with Crippen molar-refractivity contribution in [3.63, 3.8) is 0 Å². The first-order chi connectivity index (χ1) is 4.18. The third-order valence-electron chi connectivity index (χ3n) is 0.926. The van der Waals surface area contributed by atoms with Gasteiger partial charge in [0.2, 0.25) is 0 Å². The molecular formula is C7H12OSi. The normalized spacial score (nSPS) is 10.3. The van der Waals surface area contributed by atoms with Crippen molar-refractivity contribution in [1.29, 1.82) is 0 Å². The Morgan fingerprint density at radius 2 is 2.33 bits per heavy atom. The molecule has 50 valence electrons. The summed E-state index contributed by atoms with van der Waals surface area (Å²) in [6.07, 6.45) is 3.48. The molecule has 0 fully saturated rings. The summed E-state index contributed by atoms with van der Waals surface area (Å²) >= 11 is 0. The van der Waals surface area contributed by atoms with E-state index in [-0.39, 0.29) is 5.78 Å².